The van der Waals surface area contributed by atoms with E-state index < -0.39 is 6.10 Å². The number of nitrogens with zero attached hydrogens (tertiary/aromatic N) is 2. The number of carbonyl (C=O) groups is 1. The van der Waals surface area contributed by atoms with Crippen LogP contribution in [0.2, 0.25) is 5.02 Å². The highest BCUT2D eigenvalue weighted by Gasteiger charge is 2.27. The van der Waals surface area contributed by atoms with E-state index in [-0.39, 0.29) is 5.91 Å². The number of halogens is 1. The van der Waals surface area contributed by atoms with Gasteiger partial charge in [-0.1, -0.05) is 29.8 Å². The predicted molar refractivity (Wildman–Crippen MR) is 111 cm³/mol. The molecule has 27 heavy (non-hydrogen) atoms. The molecule has 2 aromatic rings. The maximum atomic E-state index is 12.8. The summed E-state index contributed by atoms with van der Waals surface area (Å²) in [6.45, 7) is 10.9. The summed E-state index contributed by atoms with van der Waals surface area (Å²) in [6.07, 6.45) is -0.495. The number of hydrogen-bond donors (Lipinski definition) is 0. The summed E-state index contributed by atoms with van der Waals surface area (Å²) in [7, 11) is 0. The van der Waals surface area contributed by atoms with Crippen LogP contribution in [0.15, 0.2) is 36.4 Å². The van der Waals surface area contributed by atoms with Crippen molar-refractivity contribution in [3.8, 4) is 5.75 Å². The maximum Gasteiger partial charge on any atom is 0.263 e. The summed E-state index contributed by atoms with van der Waals surface area (Å²) in [6, 6.07) is 11.9. The first-order chi connectivity index (χ1) is 12.9. The molecule has 3 rings (SSSR count). The molecule has 0 radical (unpaired) electrons. The van der Waals surface area contributed by atoms with Crippen molar-refractivity contribution < 1.29 is 9.53 Å². The van der Waals surface area contributed by atoms with Crippen molar-refractivity contribution in [2.24, 2.45) is 0 Å². The van der Waals surface area contributed by atoms with Gasteiger partial charge in [-0.3, -0.25) is 4.79 Å². The average molecular weight is 387 g/mol. The molecular formula is C22H27ClN2O2. The normalized spacial score (nSPS) is 15.6. The van der Waals surface area contributed by atoms with Crippen LogP contribution in [0.4, 0.5) is 5.69 Å². The Hall–Kier alpha value is -2.20. The first kappa shape index (κ1) is 19.6. The minimum Gasteiger partial charge on any atom is -0.481 e. The Morgan fingerprint density at radius 2 is 1.74 bits per heavy atom. The van der Waals surface area contributed by atoms with Crippen LogP contribution >= 0.6 is 11.6 Å². The lowest BCUT2D eigenvalue weighted by molar-refractivity contribution is -0.138. The molecule has 1 fully saturated rings. The minimum atomic E-state index is -0.495. The number of piperazine rings is 1. The summed E-state index contributed by atoms with van der Waals surface area (Å²) < 4.78 is 5.97. The van der Waals surface area contributed by atoms with Gasteiger partial charge in [0.25, 0.3) is 5.91 Å². The van der Waals surface area contributed by atoms with E-state index in [1.807, 2.05) is 62.1 Å². The van der Waals surface area contributed by atoms with Crippen molar-refractivity contribution in [1.82, 2.24) is 4.90 Å². The van der Waals surface area contributed by atoms with Crippen LogP contribution in [0.25, 0.3) is 0 Å². The van der Waals surface area contributed by atoms with Crippen LogP contribution in [0, 0.1) is 20.8 Å². The lowest BCUT2D eigenvalue weighted by atomic mass is 10.1. The number of anilines is 1. The number of amides is 1. The second kappa shape index (κ2) is 8.22. The van der Waals surface area contributed by atoms with Crippen LogP contribution in [0.1, 0.15) is 23.6 Å². The third kappa shape index (κ3) is 4.38. The highest BCUT2D eigenvalue weighted by Crippen LogP contribution is 2.26. The topological polar surface area (TPSA) is 32.8 Å². The largest absolute Gasteiger partial charge is 0.481 e. The van der Waals surface area contributed by atoms with Crippen LogP contribution in [-0.4, -0.2) is 43.1 Å². The predicted octanol–water partition coefficient (Wildman–Crippen LogP) is 4.38. The summed E-state index contributed by atoms with van der Waals surface area (Å²) >= 11 is 6.15. The fraction of sp³-hybridized carbons (Fsp3) is 0.409. The van der Waals surface area contributed by atoms with Crippen LogP contribution < -0.4 is 9.64 Å². The van der Waals surface area contributed by atoms with E-state index in [4.69, 9.17) is 16.3 Å². The van der Waals surface area contributed by atoms with E-state index in [1.165, 1.54) is 5.56 Å². The second-order valence-corrected chi connectivity index (χ2v) is 7.64. The molecule has 0 spiro atoms. The zero-order valence-corrected chi connectivity index (χ0v) is 17.2. The van der Waals surface area contributed by atoms with Gasteiger partial charge < -0.3 is 14.5 Å². The average Bonchev–Trinajstić information content (AvgIpc) is 2.67. The number of benzene rings is 2. The molecule has 1 atom stereocenters. The van der Waals surface area contributed by atoms with Gasteiger partial charge in [-0.2, -0.15) is 0 Å². The molecule has 144 valence electrons. The molecule has 0 unspecified atom stereocenters. The van der Waals surface area contributed by atoms with Crippen LogP contribution in [0.3, 0.4) is 0 Å². The molecule has 5 heteroatoms. The van der Waals surface area contributed by atoms with Gasteiger partial charge in [0.2, 0.25) is 0 Å². The van der Waals surface area contributed by atoms with Gasteiger partial charge in [-0.25, -0.2) is 0 Å². The molecule has 2 aromatic carbocycles. The van der Waals surface area contributed by atoms with E-state index in [2.05, 4.69) is 11.8 Å². The molecule has 1 amide bonds. The lowest BCUT2D eigenvalue weighted by Gasteiger charge is -2.37. The summed E-state index contributed by atoms with van der Waals surface area (Å²) in [5.41, 5.74) is 4.59. The van der Waals surface area contributed by atoms with E-state index >= 15 is 0 Å². The molecule has 4 nitrogen and oxygen atoms in total. The van der Waals surface area contributed by atoms with Crippen molar-refractivity contribution in [3.05, 3.63) is 58.1 Å². The van der Waals surface area contributed by atoms with Gasteiger partial charge in [-0.05, 0) is 62.6 Å². The molecule has 1 saturated heterocycles. The Morgan fingerprint density at radius 3 is 2.44 bits per heavy atom. The van der Waals surface area contributed by atoms with Crippen molar-refractivity contribution in [2.75, 3.05) is 31.1 Å². The Kier molecular flexibility index (Phi) is 5.95. The number of ether oxygens (including phenoxy) is 1. The Labute approximate surface area is 166 Å². The zero-order valence-electron chi connectivity index (χ0n) is 16.5. The van der Waals surface area contributed by atoms with Gasteiger partial charge in [0, 0.05) is 36.9 Å². The molecule has 1 aliphatic rings. The smallest absolute Gasteiger partial charge is 0.263 e. The Balaban J connectivity index is 1.61. The standard InChI is InChI=1S/C22H27ClN2O2/c1-15-6-5-7-21(17(15)3)27-18(4)22(26)25-12-10-24(11-13-25)20-14-19(23)9-8-16(20)2/h5-9,14,18H,10-13H2,1-4H3/t18-/m0/s1. The quantitative estimate of drug-likeness (QED) is 0.781. The van der Waals surface area contributed by atoms with Gasteiger partial charge >= 0.3 is 0 Å². The first-order valence-electron chi connectivity index (χ1n) is 9.39. The number of rotatable bonds is 4. The molecule has 1 aliphatic heterocycles. The third-order valence-corrected chi connectivity index (χ3v) is 5.54. The van der Waals surface area contributed by atoms with E-state index in [0.717, 1.165) is 40.7 Å². The van der Waals surface area contributed by atoms with Crippen molar-refractivity contribution >= 4 is 23.2 Å². The van der Waals surface area contributed by atoms with Gasteiger partial charge in [0.05, 0.1) is 0 Å². The first-order valence-corrected chi connectivity index (χ1v) is 9.77. The highest BCUT2D eigenvalue weighted by atomic mass is 35.5. The summed E-state index contributed by atoms with van der Waals surface area (Å²) in [5.74, 6) is 0.822. The van der Waals surface area contributed by atoms with Crippen molar-refractivity contribution in [1.29, 1.82) is 0 Å². The Morgan fingerprint density at radius 1 is 1.04 bits per heavy atom. The molecule has 0 N–H and O–H groups in total. The van der Waals surface area contributed by atoms with Crippen molar-refractivity contribution in [3.63, 3.8) is 0 Å². The van der Waals surface area contributed by atoms with Gasteiger partial charge in [0.1, 0.15) is 5.75 Å². The lowest BCUT2D eigenvalue weighted by Crippen LogP contribution is -2.52. The minimum absolute atomic E-state index is 0.0402. The highest BCUT2D eigenvalue weighted by molar-refractivity contribution is 6.30. The number of carbonyl (C=O) groups excluding carboxylic acids is 1. The monoisotopic (exact) mass is 386 g/mol. The SMILES string of the molecule is Cc1ccc(Cl)cc1N1CCN(C(=O)[C@H](C)Oc2cccc(C)c2C)CC1. The number of hydrogen-bond acceptors (Lipinski definition) is 3. The van der Waals surface area contributed by atoms with Crippen molar-refractivity contribution in [2.45, 2.75) is 33.8 Å². The molecule has 0 aromatic heterocycles. The van der Waals surface area contributed by atoms with Gasteiger partial charge in [-0.15, -0.1) is 0 Å². The van der Waals surface area contributed by atoms with E-state index in [1.54, 1.807) is 0 Å². The number of aryl methyl sites for hydroxylation is 2. The zero-order chi connectivity index (χ0) is 19.6. The summed E-state index contributed by atoms with van der Waals surface area (Å²) in [5, 5.41) is 0.740. The third-order valence-electron chi connectivity index (χ3n) is 5.31. The van der Waals surface area contributed by atoms with Crippen LogP contribution in [0.5, 0.6) is 5.75 Å². The van der Waals surface area contributed by atoms with Crippen LogP contribution in [-0.2, 0) is 4.79 Å². The molecule has 0 aliphatic carbocycles. The molecule has 1 heterocycles. The second-order valence-electron chi connectivity index (χ2n) is 7.20. The molecule has 0 saturated carbocycles. The Bertz CT molecular complexity index is 829. The fourth-order valence-corrected chi connectivity index (χ4v) is 3.61. The maximum absolute atomic E-state index is 12.8. The van der Waals surface area contributed by atoms with E-state index in [0.29, 0.717) is 13.1 Å². The molecule has 0 bridgehead atoms. The van der Waals surface area contributed by atoms with Gasteiger partial charge in [0.15, 0.2) is 6.10 Å². The van der Waals surface area contributed by atoms with E-state index in [9.17, 15) is 4.79 Å². The summed E-state index contributed by atoms with van der Waals surface area (Å²) in [4.78, 5) is 17.0. The molecular weight excluding hydrogens is 360 g/mol. The fourth-order valence-electron chi connectivity index (χ4n) is 3.44.